The summed E-state index contributed by atoms with van der Waals surface area (Å²) in [4.78, 5) is 10.5. The molecule has 0 aliphatic rings. The first kappa shape index (κ1) is 12.7. The lowest BCUT2D eigenvalue weighted by molar-refractivity contribution is -0.131. The highest BCUT2D eigenvalue weighted by atomic mass is 35.5. The van der Waals surface area contributed by atoms with Crippen molar-refractivity contribution in [3.63, 3.8) is 0 Å². The van der Waals surface area contributed by atoms with E-state index in [1.807, 2.05) is 12.3 Å². The molecular weight excluding hydrogens is 273 g/mol. The van der Waals surface area contributed by atoms with Gasteiger partial charge in [-0.15, -0.1) is 0 Å². The Bertz CT molecular complexity index is 597. The number of aliphatic carboxylic acids is 1. The molecule has 0 atom stereocenters. The normalized spacial score (nSPS) is 11.0. The SMILES string of the molecule is O=C(O)C=Cc1cccn1-c1cc(Cl)cc(Cl)c1. The topological polar surface area (TPSA) is 42.2 Å². The van der Waals surface area contributed by atoms with E-state index >= 15 is 0 Å². The number of nitrogens with zero attached hydrogens (tertiary/aromatic N) is 1. The molecule has 2 rings (SSSR count). The molecule has 0 amide bonds. The number of carbonyl (C=O) groups is 1. The van der Waals surface area contributed by atoms with Crippen LogP contribution in [0.15, 0.2) is 42.6 Å². The molecule has 1 heterocycles. The second kappa shape index (κ2) is 5.29. The van der Waals surface area contributed by atoms with Gasteiger partial charge in [-0.1, -0.05) is 23.2 Å². The highest BCUT2D eigenvalue weighted by Gasteiger charge is 2.03. The summed E-state index contributed by atoms with van der Waals surface area (Å²) < 4.78 is 1.80. The lowest BCUT2D eigenvalue weighted by Crippen LogP contribution is -1.95. The van der Waals surface area contributed by atoms with Gasteiger partial charge < -0.3 is 9.67 Å². The molecule has 2 aromatic rings. The molecule has 0 aliphatic heterocycles. The Morgan fingerprint density at radius 2 is 1.89 bits per heavy atom. The van der Waals surface area contributed by atoms with Crippen molar-refractivity contribution >= 4 is 35.2 Å². The average molecular weight is 282 g/mol. The molecule has 0 radical (unpaired) electrons. The smallest absolute Gasteiger partial charge is 0.328 e. The molecule has 5 heteroatoms. The first-order chi connectivity index (χ1) is 8.56. The fraction of sp³-hybridized carbons (Fsp3) is 0. The van der Waals surface area contributed by atoms with Gasteiger partial charge in [-0.3, -0.25) is 0 Å². The maximum atomic E-state index is 10.5. The van der Waals surface area contributed by atoms with Crippen molar-refractivity contribution in [2.45, 2.75) is 0 Å². The largest absolute Gasteiger partial charge is 0.478 e. The highest BCUT2D eigenvalue weighted by molar-refractivity contribution is 6.34. The molecule has 92 valence electrons. The lowest BCUT2D eigenvalue weighted by Gasteiger charge is -2.07. The molecule has 1 aromatic heterocycles. The van der Waals surface area contributed by atoms with Crippen molar-refractivity contribution in [1.29, 1.82) is 0 Å². The summed E-state index contributed by atoms with van der Waals surface area (Å²) in [7, 11) is 0. The number of hydrogen-bond donors (Lipinski definition) is 1. The molecule has 1 aromatic carbocycles. The standard InChI is InChI=1S/C13H9Cl2NO2/c14-9-6-10(15)8-12(7-9)16-5-1-2-11(16)3-4-13(17)18/h1-8H,(H,17,18). The fourth-order valence-electron chi connectivity index (χ4n) is 1.60. The van der Waals surface area contributed by atoms with Gasteiger partial charge in [-0.2, -0.15) is 0 Å². The Balaban J connectivity index is 2.45. The van der Waals surface area contributed by atoms with Crippen LogP contribution in [0.25, 0.3) is 11.8 Å². The van der Waals surface area contributed by atoms with Crippen molar-refractivity contribution < 1.29 is 9.90 Å². The Kier molecular flexibility index (Phi) is 3.75. The van der Waals surface area contributed by atoms with Crippen LogP contribution in [0.4, 0.5) is 0 Å². The molecule has 1 N–H and O–H groups in total. The summed E-state index contributed by atoms with van der Waals surface area (Å²) in [5, 5.41) is 9.68. The van der Waals surface area contributed by atoms with Gasteiger partial charge in [-0.25, -0.2) is 4.79 Å². The molecule has 0 aliphatic carbocycles. The summed E-state index contributed by atoms with van der Waals surface area (Å²) in [5.74, 6) is -0.994. The fourth-order valence-corrected chi connectivity index (χ4v) is 2.11. The number of rotatable bonds is 3. The van der Waals surface area contributed by atoms with E-state index < -0.39 is 5.97 Å². The van der Waals surface area contributed by atoms with Crippen molar-refractivity contribution in [3.05, 3.63) is 58.3 Å². The molecule has 3 nitrogen and oxygen atoms in total. The Hall–Kier alpha value is -1.71. The van der Waals surface area contributed by atoms with E-state index in [9.17, 15) is 4.79 Å². The first-order valence-electron chi connectivity index (χ1n) is 5.11. The lowest BCUT2D eigenvalue weighted by atomic mass is 10.3. The zero-order valence-corrected chi connectivity index (χ0v) is 10.7. The van der Waals surface area contributed by atoms with Crippen LogP contribution in [0.3, 0.4) is 0 Å². The maximum Gasteiger partial charge on any atom is 0.328 e. The summed E-state index contributed by atoms with van der Waals surface area (Å²) in [6, 6.07) is 8.77. The molecule has 18 heavy (non-hydrogen) atoms. The average Bonchev–Trinajstić information content (AvgIpc) is 2.72. The number of carboxylic acid groups (broad SMARTS) is 1. The van der Waals surface area contributed by atoms with Crippen LogP contribution in [-0.4, -0.2) is 15.6 Å². The molecule has 0 fully saturated rings. The van der Waals surface area contributed by atoms with Gasteiger partial charge in [-0.05, 0) is 36.4 Å². The van der Waals surface area contributed by atoms with Crippen LogP contribution in [0, 0.1) is 0 Å². The molecule has 0 saturated heterocycles. The molecular formula is C13H9Cl2NO2. The first-order valence-corrected chi connectivity index (χ1v) is 5.87. The minimum atomic E-state index is -0.994. The number of halogens is 2. The Morgan fingerprint density at radius 1 is 1.22 bits per heavy atom. The van der Waals surface area contributed by atoms with Crippen molar-refractivity contribution in [1.82, 2.24) is 4.57 Å². The van der Waals surface area contributed by atoms with E-state index in [1.54, 1.807) is 28.8 Å². The van der Waals surface area contributed by atoms with Crippen molar-refractivity contribution in [2.75, 3.05) is 0 Å². The Morgan fingerprint density at radius 3 is 2.50 bits per heavy atom. The van der Waals surface area contributed by atoms with Crippen LogP contribution >= 0.6 is 23.2 Å². The van der Waals surface area contributed by atoms with E-state index in [-0.39, 0.29) is 0 Å². The number of aromatic nitrogens is 1. The predicted molar refractivity (Wildman–Crippen MR) is 72.5 cm³/mol. The molecule has 0 unspecified atom stereocenters. The minimum absolute atomic E-state index is 0.527. The second-order valence-corrected chi connectivity index (χ2v) is 4.48. The summed E-state index contributed by atoms with van der Waals surface area (Å²) in [6.07, 6.45) is 4.40. The Labute approximate surface area is 114 Å². The van der Waals surface area contributed by atoms with Gasteiger partial charge in [0.15, 0.2) is 0 Å². The molecule has 0 bridgehead atoms. The van der Waals surface area contributed by atoms with Crippen LogP contribution < -0.4 is 0 Å². The van der Waals surface area contributed by atoms with E-state index in [0.717, 1.165) is 17.5 Å². The zero-order chi connectivity index (χ0) is 13.1. The number of benzene rings is 1. The monoisotopic (exact) mass is 281 g/mol. The maximum absolute atomic E-state index is 10.5. The third-order valence-electron chi connectivity index (χ3n) is 2.30. The third kappa shape index (κ3) is 2.94. The number of carboxylic acids is 1. The highest BCUT2D eigenvalue weighted by Crippen LogP contribution is 2.23. The van der Waals surface area contributed by atoms with E-state index in [2.05, 4.69) is 0 Å². The van der Waals surface area contributed by atoms with E-state index in [0.29, 0.717) is 10.0 Å². The van der Waals surface area contributed by atoms with Crippen molar-refractivity contribution in [2.24, 2.45) is 0 Å². The summed E-state index contributed by atoms with van der Waals surface area (Å²) in [6.45, 7) is 0. The van der Waals surface area contributed by atoms with Gasteiger partial charge in [0.2, 0.25) is 0 Å². The van der Waals surface area contributed by atoms with Gasteiger partial charge in [0.05, 0.1) is 0 Å². The van der Waals surface area contributed by atoms with Gasteiger partial charge in [0.25, 0.3) is 0 Å². The van der Waals surface area contributed by atoms with Crippen LogP contribution in [-0.2, 0) is 4.79 Å². The van der Waals surface area contributed by atoms with Gasteiger partial charge in [0.1, 0.15) is 0 Å². The molecule has 0 spiro atoms. The van der Waals surface area contributed by atoms with Crippen LogP contribution in [0.1, 0.15) is 5.69 Å². The summed E-state index contributed by atoms with van der Waals surface area (Å²) >= 11 is 11.9. The molecule has 0 saturated carbocycles. The quantitative estimate of drug-likeness (QED) is 0.868. The number of hydrogen-bond acceptors (Lipinski definition) is 1. The van der Waals surface area contributed by atoms with Crippen LogP contribution in [0.2, 0.25) is 10.0 Å². The summed E-state index contributed by atoms with van der Waals surface area (Å²) in [5.41, 5.74) is 1.51. The van der Waals surface area contributed by atoms with Gasteiger partial charge in [0, 0.05) is 33.7 Å². The third-order valence-corrected chi connectivity index (χ3v) is 2.74. The second-order valence-electron chi connectivity index (χ2n) is 3.60. The van der Waals surface area contributed by atoms with Crippen LogP contribution in [0.5, 0.6) is 0 Å². The zero-order valence-electron chi connectivity index (χ0n) is 9.18. The van der Waals surface area contributed by atoms with E-state index in [4.69, 9.17) is 28.3 Å². The van der Waals surface area contributed by atoms with Crippen molar-refractivity contribution in [3.8, 4) is 5.69 Å². The van der Waals surface area contributed by atoms with Gasteiger partial charge >= 0.3 is 5.97 Å². The van der Waals surface area contributed by atoms with E-state index in [1.165, 1.54) is 6.08 Å². The minimum Gasteiger partial charge on any atom is -0.478 e. The predicted octanol–water partition coefficient (Wildman–Crippen LogP) is 3.88.